The number of carbonyl (C=O) groups is 2. The van der Waals surface area contributed by atoms with Gasteiger partial charge in [0, 0.05) is 6.07 Å². The Morgan fingerprint density at radius 3 is 2.58 bits per heavy atom. The molecule has 1 aromatic rings. The van der Waals surface area contributed by atoms with E-state index in [2.05, 4.69) is 10.1 Å². The van der Waals surface area contributed by atoms with Crippen LogP contribution < -0.4 is 5.32 Å². The number of methoxy groups -OCH3 is 1. The van der Waals surface area contributed by atoms with Crippen molar-refractivity contribution < 1.29 is 29.5 Å². The molecular formula is C14H13N3O7. The number of phenols is 2. The number of nitriles is 1. The number of nitrogens with one attached hydrogen (secondary N) is 1. The zero-order valence-electron chi connectivity index (χ0n) is 12.6. The molecule has 10 heteroatoms. The van der Waals surface area contributed by atoms with E-state index in [4.69, 9.17) is 5.26 Å². The number of ether oxygens (including phenoxy) is 1. The maximum atomic E-state index is 11.9. The molecule has 0 aromatic heterocycles. The fraction of sp³-hybridized carbons (Fsp3) is 0.214. The first kappa shape index (κ1) is 18.4. The molecule has 0 aliphatic carbocycles. The number of hydrogen-bond acceptors (Lipinski definition) is 8. The first-order valence-corrected chi connectivity index (χ1v) is 6.42. The van der Waals surface area contributed by atoms with Crippen LogP contribution >= 0.6 is 0 Å². The molecule has 1 atom stereocenters. The molecule has 0 spiro atoms. The number of carbonyl (C=O) groups excluding carboxylic acids is 2. The van der Waals surface area contributed by atoms with Crippen molar-refractivity contribution in [2.45, 2.75) is 13.0 Å². The average Bonchev–Trinajstić information content (AvgIpc) is 2.54. The van der Waals surface area contributed by atoms with Gasteiger partial charge in [0.1, 0.15) is 17.7 Å². The number of nitro benzene ring substituents is 1. The first-order valence-electron chi connectivity index (χ1n) is 6.42. The number of hydrogen-bond donors (Lipinski definition) is 3. The lowest BCUT2D eigenvalue weighted by Gasteiger charge is -2.10. The van der Waals surface area contributed by atoms with Crippen LogP contribution in [0.5, 0.6) is 11.5 Å². The fourth-order valence-electron chi connectivity index (χ4n) is 1.67. The molecule has 0 radical (unpaired) electrons. The van der Waals surface area contributed by atoms with E-state index in [0.717, 1.165) is 25.3 Å². The first-order chi connectivity index (χ1) is 11.2. The van der Waals surface area contributed by atoms with Gasteiger partial charge in [-0.3, -0.25) is 14.9 Å². The Morgan fingerprint density at radius 2 is 2.08 bits per heavy atom. The monoisotopic (exact) mass is 335 g/mol. The van der Waals surface area contributed by atoms with E-state index >= 15 is 0 Å². The lowest BCUT2D eigenvalue weighted by molar-refractivity contribution is -0.386. The van der Waals surface area contributed by atoms with Crippen molar-refractivity contribution in [1.29, 1.82) is 5.26 Å². The standard InChI is InChI=1S/C14H13N3O7/c1-7(14(21)24-2)16-13(20)9(6-15)3-8-4-10(17(22)23)12(19)11(18)5-8/h3-5,7,18-19H,1-2H3,(H,16,20)/b9-3+/t7-/m0/s1. The Bertz CT molecular complexity index is 764. The third kappa shape index (κ3) is 4.20. The summed E-state index contributed by atoms with van der Waals surface area (Å²) in [5.74, 6) is -3.35. The molecule has 0 fully saturated rings. The van der Waals surface area contributed by atoms with E-state index < -0.39 is 45.6 Å². The zero-order chi connectivity index (χ0) is 18.4. The Hall–Kier alpha value is -3.61. The van der Waals surface area contributed by atoms with Crippen molar-refractivity contribution in [2.24, 2.45) is 0 Å². The van der Waals surface area contributed by atoms with Gasteiger partial charge >= 0.3 is 11.7 Å². The SMILES string of the molecule is COC(=O)[C@H](C)NC(=O)/C(C#N)=C/c1cc(O)c(O)c([N+](=O)[O-])c1. The van der Waals surface area contributed by atoms with Gasteiger partial charge in [0.15, 0.2) is 5.75 Å². The van der Waals surface area contributed by atoms with Crippen LogP contribution in [0.2, 0.25) is 0 Å². The van der Waals surface area contributed by atoms with Crippen LogP contribution in [-0.2, 0) is 14.3 Å². The van der Waals surface area contributed by atoms with Crippen LogP contribution in [0.1, 0.15) is 12.5 Å². The number of benzene rings is 1. The molecule has 0 bridgehead atoms. The smallest absolute Gasteiger partial charge is 0.328 e. The highest BCUT2D eigenvalue weighted by atomic mass is 16.6. The third-order valence-electron chi connectivity index (χ3n) is 2.87. The minimum Gasteiger partial charge on any atom is -0.504 e. The molecule has 1 amide bonds. The number of nitro groups is 1. The molecule has 3 N–H and O–H groups in total. The summed E-state index contributed by atoms with van der Waals surface area (Å²) in [6.45, 7) is 1.34. The lowest BCUT2D eigenvalue weighted by Crippen LogP contribution is -2.39. The molecule has 0 saturated heterocycles. The summed E-state index contributed by atoms with van der Waals surface area (Å²) in [4.78, 5) is 33.0. The van der Waals surface area contributed by atoms with E-state index in [1.807, 2.05) is 0 Å². The number of rotatable bonds is 5. The van der Waals surface area contributed by atoms with Gasteiger partial charge in [-0.2, -0.15) is 5.26 Å². The van der Waals surface area contributed by atoms with Crippen molar-refractivity contribution in [2.75, 3.05) is 7.11 Å². The van der Waals surface area contributed by atoms with Crippen molar-refractivity contribution in [1.82, 2.24) is 5.32 Å². The molecule has 1 rings (SSSR count). The van der Waals surface area contributed by atoms with Crippen molar-refractivity contribution >= 4 is 23.6 Å². The second kappa shape index (κ2) is 7.59. The zero-order valence-corrected chi connectivity index (χ0v) is 12.6. The molecule has 0 unspecified atom stereocenters. The predicted octanol–water partition coefficient (Wildman–Crippen LogP) is 0.591. The Kier molecular flexibility index (Phi) is 5.83. The number of phenolic OH excluding ortho intramolecular Hbond substituents is 2. The molecule has 0 saturated carbocycles. The van der Waals surface area contributed by atoms with Crippen LogP contribution in [0.25, 0.3) is 6.08 Å². The predicted molar refractivity (Wildman–Crippen MR) is 79.6 cm³/mol. The number of aromatic hydroxyl groups is 2. The summed E-state index contributed by atoms with van der Waals surface area (Å²) in [6.07, 6.45) is 0.964. The summed E-state index contributed by atoms with van der Waals surface area (Å²) in [7, 11) is 1.13. The highest BCUT2D eigenvalue weighted by Crippen LogP contribution is 2.36. The number of amides is 1. The van der Waals surface area contributed by atoms with Gasteiger partial charge < -0.3 is 20.3 Å². The van der Waals surface area contributed by atoms with Gasteiger partial charge in [-0.05, 0) is 24.6 Å². The van der Waals surface area contributed by atoms with E-state index in [9.17, 15) is 29.9 Å². The minimum absolute atomic E-state index is 0.0607. The molecular weight excluding hydrogens is 322 g/mol. The summed E-state index contributed by atoms with van der Waals surface area (Å²) < 4.78 is 4.42. The van der Waals surface area contributed by atoms with E-state index in [1.54, 1.807) is 6.07 Å². The van der Waals surface area contributed by atoms with Crippen LogP contribution in [0.4, 0.5) is 5.69 Å². The van der Waals surface area contributed by atoms with Gasteiger partial charge in [-0.1, -0.05) is 0 Å². The van der Waals surface area contributed by atoms with Crippen LogP contribution in [-0.4, -0.2) is 40.2 Å². The van der Waals surface area contributed by atoms with Crippen LogP contribution in [0.3, 0.4) is 0 Å². The Morgan fingerprint density at radius 1 is 1.46 bits per heavy atom. The third-order valence-corrected chi connectivity index (χ3v) is 2.87. The van der Waals surface area contributed by atoms with Gasteiger partial charge in [0.25, 0.3) is 5.91 Å². The molecule has 10 nitrogen and oxygen atoms in total. The molecule has 1 aromatic carbocycles. The van der Waals surface area contributed by atoms with E-state index in [-0.39, 0.29) is 5.56 Å². The second-order valence-electron chi connectivity index (χ2n) is 4.55. The maximum absolute atomic E-state index is 11.9. The van der Waals surface area contributed by atoms with Crippen LogP contribution in [0, 0.1) is 21.4 Å². The normalized spacial score (nSPS) is 12.0. The number of nitrogens with zero attached hydrogens (tertiary/aromatic N) is 2. The lowest BCUT2D eigenvalue weighted by atomic mass is 10.1. The number of esters is 1. The Labute approximate surface area is 135 Å². The van der Waals surface area contributed by atoms with Crippen molar-refractivity contribution in [3.63, 3.8) is 0 Å². The fourth-order valence-corrected chi connectivity index (χ4v) is 1.67. The van der Waals surface area contributed by atoms with E-state index in [0.29, 0.717) is 0 Å². The summed E-state index contributed by atoms with van der Waals surface area (Å²) >= 11 is 0. The highest BCUT2D eigenvalue weighted by Gasteiger charge is 2.21. The summed E-state index contributed by atoms with van der Waals surface area (Å²) in [5.41, 5.74) is -1.32. The summed E-state index contributed by atoms with van der Waals surface area (Å²) in [6, 6.07) is 2.39. The van der Waals surface area contributed by atoms with Gasteiger partial charge in [-0.25, -0.2) is 4.79 Å². The second-order valence-corrected chi connectivity index (χ2v) is 4.55. The quantitative estimate of drug-likeness (QED) is 0.176. The maximum Gasteiger partial charge on any atom is 0.328 e. The average molecular weight is 335 g/mol. The molecule has 0 aliphatic heterocycles. The Balaban J connectivity index is 3.17. The van der Waals surface area contributed by atoms with E-state index in [1.165, 1.54) is 6.92 Å². The molecule has 24 heavy (non-hydrogen) atoms. The summed E-state index contributed by atoms with van der Waals surface area (Å²) in [5, 5.41) is 40.9. The molecule has 0 aliphatic rings. The van der Waals surface area contributed by atoms with Gasteiger partial charge in [0.2, 0.25) is 5.75 Å². The van der Waals surface area contributed by atoms with Crippen molar-refractivity contribution in [3.05, 3.63) is 33.4 Å². The minimum atomic E-state index is -1.01. The molecule has 0 heterocycles. The van der Waals surface area contributed by atoms with Gasteiger partial charge in [0.05, 0.1) is 12.0 Å². The topological polar surface area (TPSA) is 163 Å². The molecule has 126 valence electrons. The van der Waals surface area contributed by atoms with Gasteiger partial charge in [-0.15, -0.1) is 0 Å². The largest absolute Gasteiger partial charge is 0.504 e. The van der Waals surface area contributed by atoms with Crippen molar-refractivity contribution in [3.8, 4) is 17.6 Å². The highest BCUT2D eigenvalue weighted by molar-refractivity contribution is 6.03. The van der Waals surface area contributed by atoms with Crippen LogP contribution in [0.15, 0.2) is 17.7 Å².